The second kappa shape index (κ2) is 11.8. The molecule has 6 N–H and O–H groups in total. The molecule has 1 aromatic heterocycles. The van der Waals surface area contributed by atoms with Crippen molar-refractivity contribution in [1.82, 2.24) is 9.97 Å². The third-order valence-electron chi connectivity index (χ3n) is 7.52. The van der Waals surface area contributed by atoms with Gasteiger partial charge in [0.05, 0.1) is 0 Å². The number of quaternary nitrogens is 1. The molecule has 2 aromatic rings. The number of nitrogens with two attached hydrogens (primary N) is 1. The van der Waals surface area contributed by atoms with E-state index in [2.05, 4.69) is 58.3 Å². The number of nitrogen functional groups attached to an aromatic ring is 1. The van der Waals surface area contributed by atoms with Gasteiger partial charge in [-0.2, -0.15) is 0 Å². The Hall–Kier alpha value is -2.99. The normalized spacial score (nSPS) is 15.1. The van der Waals surface area contributed by atoms with Gasteiger partial charge in [0.2, 0.25) is 0 Å². The van der Waals surface area contributed by atoms with Crippen LogP contribution in [0.2, 0.25) is 0 Å². The molecule has 36 heavy (non-hydrogen) atoms. The van der Waals surface area contributed by atoms with Crippen molar-refractivity contribution >= 4 is 17.4 Å². The van der Waals surface area contributed by atoms with Gasteiger partial charge in [0.1, 0.15) is 17.2 Å². The molecule has 1 unspecified atom stereocenters. The van der Waals surface area contributed by atoms with Crippen molar-refractivity contribution in [2.45, 2.75) is 91.4 Å². The first kappa shape index (κ1) is 27.6. The first-order valence-electron chi connectivity index (χ1n) is 13.4. The Kier molecular flexibility index (Phi) is 9.07. The summed E-state index contributed by atoms with van der Waals surface area (Å²) in [5, 5.41) is 3.55. The number of allylic oxidation sites excluding steroid dienone is 2. The summed E-state index contributed by atoms with van der Waals surface area (Å²) in [6, 6.07) is 5.53. The smallest absolute Gasteiger partial charge is 0.343 e. The quantitative estimate of drug-likeness (QED) is 0.224. The maximum Gasteiger partial charge on any atom is 0.343 e. The Morgan fingerprint density at radius 3 is 2.58 bits per heavy atom. The number of amides is 1. The highest BCUT2D eigenvalue weighted by Crippen LogP contribution is 2.35. The topological polar surface area (TPSA) is 109 Å². The molecule has 1 atom stereocenters. The minimum atomic E-state index is -0.504. The largest absolute Gasteiger partial charge is 0.398 e. The minimum Gasteiger partial charge on any atom is -0.398 e. The summed E-state index contributed by atoms with van der Waals surface area (Å²) in [5.41, 5.74) is 15.6. The fraction of sp³-hybridized carbons (Fsp3) is 0.500. The summed E-state index contributed by atoms with van der Waals surface area (Å²) >= 11 is 0. The van der Waals surface area contributed by atoms with Crippen molar-refractivity contribution in [2.75, 3.05) is 11.1 Å². The molecule has 0 aliphatic heterocycles. The number of benzene rings is 1. The van der Waals surface area contributed by atoms with Gasteiger partial charge in [-0.3, -0.25) is 5.73 Å². The Balaban J connectivity index is 2.02. The van der Waals surface area contributed by atoms with E-state index in [9.17, 15) is 4.79 Å². The lowest BCUT2D eigenvalue weighted by Crippen LogP contribution is -2.57. The Morgan fingerprint density at radius 2 is 1.94 bits per heavy atom. The van der Waals surface area contributed by atoms with Crippen LogP contribution in [0.3, 0.4) is 0 Å². The van der Waals surface area contributed by atoms with Gasteiger partial charge in [0.15, 0.2) is 0 Å². The van der Waals surface area contributed by atoms with E-state index in [-0.39, 0.29) is 5.91 Å². The highest BCUT2D eigenvalue weighted by Gasteiger charge is 2.30. The number of fused-ring (bicyclic) bond motifs is 1. The van der Waals surface area contributed by atoms with Crippen LogP contribution in [-0.2, 0) is 18.3 Å². The molecule has 1 aliphatic carbocycles. The maximum absolute atomic E-state index is 11.8. The lowest BCUT2D eigenvalue weighted by atomic mass is 9.82. The van der Waals surface area contributed by atoms with E-state index in [0.717, 1.165) is 60.7 Å². The summed E-state index contributed by atoms with van der Waals surface area (Å²) in [4.78, 5) is 21.9. The average Bonchev–Trinajstić information content (AvgIpc) is 3.07. The Bertz CT molecular complexity index is 1150. The molecule has 0 spiro atoms. The lowest BCUT2D eigenvalue weighted by Gasteiger charge is -2.27. The van der Waals surface area contributed by atoms with Crippen LogP contribution >= 0.6 is 0 Å². The van der Waals surface area contributed by atoms with E-state index in [1.54, 1.807) is 6.07 Å². The van der Waals surface area contributed by atoms with E-state index in [0.29, 0.717) is 17.2 Å². The molecule has 1 aromatic carbocycles. The first-order chi connectivity index (χ1) is 17.1. The van der Waals surface area contributed by atoms with Crippen molar-refractivity contribution in [3.63, 3.8) is 0 Å². The fourth-order valence-corrected chi connectivity index (χ4v) is 5.17. The van der Waals surface area contributed by atoms with Gasteiger partial charge in [-0.15, -0.1) is 0 Å². The van der Waals surface area contributed by atoms with Crippen LogP contribution in [0.15, 0.2) is 42.1 Å². The summed E-state index contributed by atoms with van der Waals surface area (Å²) in [5.74, 6) is 1.89. The number of nitrogens with one attached hydrogen (secondary N) is 1. The molecule has 6 nitrogen and oxygen atoms in total. The number of carbonyl (C=O) groups excluding carboxylic acids is 1. The summed E-state index contributed by atoms with van der Waals surface area (Å²) in [7, 11) is 0. The van der Waals surface area contributed by atoms with Crippen LogP contribution in [0.25, 0.3) is 0 Å². The maximum atomic E-state index is 11.8. The number of anilines is 2. The molecule has 194 valence electrons. The number of carbonyl (C=O) groups is 1. The molecule has 0 saturated carbocycles. The molecule has 6 heteroatoms. The third-order valence-corrected chi connectivity index (χ3v) is 7.52. The second-order valence-corrected chi connectivity index (χ2v) is 10.7. The van der Waals surface area contributed by atoms with Gasteiger partial charge in [0.25, 0.3) is 0 Å². The van der Waals surface area contributed by atoms with Crippen molar-refractivity contribution in [2.24, 2.45) is 5.92 Å². The molecule has 3 rings (SSSR count). The van der Waals surface area contributed by atoms with Gasteiger partial charge >= 0.3 is 5.91 Å². The van der Waals surface area contributed by atoms with Crippen LogP contribution in [0.4, 0.5) is 11.5 Å². The van der Waals surface area contributed by atoms with Gasteiger partial charge in [-0.25, -0.2) is 14.8 Å². The van der Waals surface area contributed by atoms with Crippen molar-refractivity contribution in [3.8, 4) is 0 Å². The number of aromatic nitrogens is 2. The zero-order chi connectivity index (χ0) is 26.5. The van der Waals surface area contributed by atoms with E-state index >= 15 is 0 Å². The lowest BCUT2D eigenvalue weighted by molar-refractivity contribution is -0.254. The SMILES string of the molecule is C=C(/C=C(/C)C(CC)CCC)Nc1nc(C(C)(C)c2ccc(C([NH3+])=O)c(N)c2)nc2c1CCCCC2. The molecule has 0 saturated heterocycles. The van der Waals surface area contributed by atoms with Crippen LogP contribution < -0.4 is 16.8 Å². The fourth-order valence-electron chi connectivity index (χ4n) is 5.17. The summed E-state index contributed by atoms with van der Waals surface area (Å²) in [6.07, 6.45) is 11.1. The molecule has 1 amide bonds. The molecule has 0 fully saturated rings. The van der Waals surface area contributed by atoms with Crippen LogP contribution in [0.5, 0.6) is 0 Å². The van der Waals surface area contributed by atoms with Crippen molar-refractivity contribution < 1.29 is 10.5 Å². The standard InChI is InChI=1S/C30H43N5O/c1-7-12-21(8-2)19(3)17-20(4)33-28-24-13-10-9-11-14-26(24)34-29(35-28)30(5,6)22-15-16-23(27(32)36)25(31)18-22/h15-18,21H,4,7-14,31H2,1-3,5-6H3,(H2,32,36)(H,33,34,35)/p+1/b19-17-. The number of hydrogen-bond donors (Lipinski definition) is 3. The molecule has 1 aliphatic rings. The van der Waals surface area contributed by atoms with Crippen LogP contribution in [0, 0.1) is 5.92 Å². The van der Waals surface area contributed by atoms with Gasteiger partial charge in [0, 0.05) is 28.1 Å². The molecular weight excluding hydrogens is 446 g/mol. The third kappa shape index (κ3) is 6.22. The minimum absolute atomic E-state index is 0.282. The number of rotatable bonds is 10. The van der Waals surface area contributed by atoms with E-state index in [1.165, 1.54) is 30.4 Å². The number of nitrogens with zero attached hydrogens (tertiary/aromatic N) is 2. The van der Waals surface area contributed by atoms with Crippen molar-refractivity contribution in [3.05, 3.63) is 70.3 Å². The zero-order valence-electron chi connectivity index (χ0n) is 22.8. The number of aryl methyl sites for hydroxylation is 1. The van der Waals surface area contributed by atoms with E-state index in [1.807, 2.05) is 12.1 Å². The number of hydrogen-bond acceptors (Lipinski definition) is 5. The van der Waals surface area contributed by atoms with Crippen LogP contribution in [0.1, 0.15) is 106 Å². The first-order valence-corrected chi connectivity index (χ1v) is 13.4. The zero-order valence-corrected chi connectivity index (χ0v) is 22.8. The van der Waals surface area contributed by atoms with E-state index in [4.69, 9.17) is 15.7 Å². The molecule has 0 radical (unpaired) electrons. The monoisotopic (exact) mass is 490 g/mol. The Labute approximate surface area is 216 Å². The second-order valence-electron chi connectivity index (χ2n) is 10.7. The highest BCUT2D eigenvalue weighted by atomic mass is 16.1. The van der Waals surface area contributed by atoms with Gasteiger partial charge in [-0.1, -0.05) is 44.9 Å². The van der Waals surface area contributed by atoms with Crippen LogP contribution in [-0.4, -0.2) is 15.9 Å². The predicted octanol–water partition coefficient (Wildman–Crippen LogP) is 5.73. The van der Waals surface area contributed by atoms with Crippen molar-refractivity contribution in [1.29, 1.82) is 0 Å². The highest BCUT2D eigenvalue weighted by molar-refractivity contribution is 5.92. The van der Waals surface area contributed by atoms with E-state index < -0.39 is 5.41 Å². The van der Waals surface area contributed by atoms with Gasteiger partial charge in [-0.05, 0) is 89.0 Å². The molecule has 1 heterocycles. The average molecular weight is 491 g/mol. The predicted molar refractivity (Wildman–Crippen MR) is 149 cm³/mol. The van der Waals surface area contributed by atoms with Gasteiger partial charge < -0.3 is 11.1 Å². The Morgan fingerprint density at radius 1 is 1.22 bits per heavy atom. The molecule has 0 bridgehead atoms. The summed E-state index contributed by atoms with van der Waals surface area (Å²) < 4.78 is 0. The molecular formula is C30H44N5O+. The summed E-state index contributed by atoms with van der Waals surface area (Å²) in [6.45, 7) is 15.2.